The van der Waals surface area contributed by atoms with Crippen molar-refractivity contribution in [2.75, 3.05) is 7.11 Å². The van der Waals surface area contributed by atoms with Crippen LogP contribution in [-0.4, -0.2) is 16.9 Å². The SMILES string of the molecule is CC#CCn1n[c]cc1OC. The Balaban J connectivity index is 2.73. The summed E-state index contributed by atoms with van der Waals surface area (Å²) in [5.74, 6) is 6.34. The predicted molar refractivity (Wildman–Crippen MR) is 41.1 cm³/mol. The zero-order valence-corrected chi connectivity index (χ0v) is 6.59. The molecule has 0 spiro atoms. The molecule has 0 aliphatic heterocycles. The number of methoxy groups -OCH3 is 1. The topological polar surface area (TPSA) is 27.1 Å². The van der Waals surface area contributed by atoms with E-state index >= 15 is 0 Å². The molecule has 1 radical (unpaired) electrons. The van der Waals surface area contributed by atoms with Crippen LogP contribution in [0.3, 0.4) is 0 Å². The molecular formula is C8H9N2O. The van der Waals surface area contributed by atoms with Crippen LogP contribution in [0.5, 0.6) is 5.88 Å². The maximum absolute atomic E-state index is 4.98. The Hall–Kier alpha value is -1.43. The lowest BCUT2D eigenvalue weighted by Gasteiger charge is -1.99. The van der Waals surface area contributed by atoms with Gasteiger partial charge in [0.05, 0.1) is 7.11 Å². The first-order valence-corrected chi connectivity index (χ1v) is 3.26. The number of hydrogen-bond acceptors (Lipinski definition) is 2. The van der Waals surface area contributed by atoms with Gasteiger partial charge in [-0.3, -0.25) is 0 Å². The van der Waals surface area contributed by atoms with E-state index in [1.807, 2.05) is 0 Å². The number of ether oxygens (including phenoxy) is 1. The Morgan fingerprint density at radius 3 is 3.27 bits per heavy atom. The molecule has 0 aliphatic carbocycles. The Morgan fingerprint density at radius 1 is 1.82 bits per heavy atom. The van der Waals surface area contributed by atoms with Gasteiger partial charge in [-0.05, 0) is 6.92 Å². The molecule has 1 aromatic heterocycles. The van der Waals surface area contributed by atoms with E-state index in [-0.39, 0.29) is 0 Å². The van der Waals surface area contributed by atoms with E-state index in [0.717, 1.165) is 0 Å². The fourth-order valence-electron chi connectivity index (χ4n) is 0.709. The van der Waals surface area contributed by atoms with Gasteiger partial charge in [0.2, 0.25) is 5.88 Å². The lowest BCUT2D eigenvalue weighted by molar-refractivity contribution is 0.369. The summed E-state index contributed by atoms with van der Waals surface area (Å²) in [6.45, 7) is 2.35. The van der Waals surface area contributed by atoms with Crippen molar-refractivity contribution in [3.05, 3.63) is 12.3 Å². The zero-order valence-electron chi connectivity index (χ0n) is 6.59. The molecule has 0 unspecified atom stereocenters. The quantitative estimate of drug-likeness (QED) is 0.579. The maximum Gasteiger partial charge on any atom is 0.213 e. The normalized spacial score (nSPS) is 8.55. The van der Waals surface area contributed by atoms with Gasteiger partial charge in [-0.15, -0.1) is 5.92 Å². The van der Waals surface area contributed by atoms with Gasteiger partial charge in [-0.2, -0.15) is 5.10 Å². The molecule has 3 heteroatoms. The molecule has 57 valence electrons. The summed E-state index contributed by atoms with van der Waals surface area (Å²) in [5, 5.41) is 3.89. The fourth-order valence-corrected chi connectivity index (χ4v) is 0.709. The Labute approximate surface area is 66.0 Å². The average molecular weight is 149 g/mol. The standard InChI is InChI=1S/C8H9N2O/c1-3-4-7-10-8(11-2)5-6-9-10/h5H,7H2,1-2H3. The fraction of sp³-hybridized carbons (Fsp3) is 0.375. The molecule has 0 saturated heterocycles. The molecule has 0 aliphatic rings. The van der Waals surface area contributed by atoms with Crippen LogP contribution >= 0.6 is 0 Å². The van der Waals surface area contributed by atoms with Gasteiger partial charge in [0.25, 0.3) is 0 Å². The molecule has 1 aromatic rings. The maximum atomic E-state index is 4.98. The molecule has 0 bridgehead atoms. The molecule has 0 aromatic carbocycles. The summed E-state index contributed by atoms with van der Waals surface area (Å²) in [4.78, 5) is 0. The van der Waals surface area contributed by atoms with Gasteiger partial charge < -0.3 is 4.74 Å². The van der Waals surface area contributed by atoms with Crippen molar-refractivity contribution < 1.29 is 4.74 Å². The van der Waals surface area contributed by atoms with Crippen LogP contribution in [0.25, 0.3) is 0 Å². The van der Waals surface area contributed by atoms with Gasteiger partial charge in [0.15, 0.2) is 0 Å². The van der Waals surface area contributed by atoms with Crippen LogP contribution in [0.15, 0.2) is 6.07 Å². The van der Waals surface area contributed by atoms with Crippen molar-refractivity contribution in [1.82, 2.24) is 9.78 Å². The number of aromatic nitrogens is 2. The van der Waals surface area contributed by atoms with Crippen LogP contribution in [0, 0.1) is 18.0 Å². The third-order valence-corrected chi connectivity index (χ3v) is 1.24. The smallest absolute Gasteiger partial charge is 0.213 e. The molecule has 0 atom stereocenters. The van der Waals surface area contributed by atoms with Crippen molar-refractivity contribution in [2.45, 2.75) is 13.5 Å². The largest absolute Gasteiger partial charge is 0.481 e. The third kappa shape index (κ3) is 1.74. The van der Waals surface area contributed by atoms with Gasteiger partial charge in [0, 0.05) is 6.07 Å². The zero-order chi connectivity index (χ0) is 8.10. The van der Waals surface area contributed by atoms with Crippen LogP contribution in [-0.2, 0) is 6.54 Å². The van der Waals surface area contributed by atoms with Gasteiger partial charge >= 0.3 is 0 Å². The van der Waals surface area contributed by atoms with Gasteiger partial charge in [0.1, 0.15) is 12.7 Å². The summed E-state index contributed by atoms with van der Waals surface area (Å²) in [5.41, 5.74) is 0. The van der Waals surface area contributed by atoms with Crippen molar-refractivity contribution in [1.29, 1.82) is 0 Å². The highest BCUT2D eigenvalue weighted by Crippen LogP contribution is 2.06. The molecular weight excluding hydrogens is 140 g/mol. The van der Waals surface area contributed by atoms with Crippen LogP contribution in [0.2, 0.25) is 0 Å². The summed E-state index contributed by atoms with van der Waals surface area (Å²) in [6.07, 6.45) is 2.68. The highest BCUT2D eigenvalue weighted by molar-refractivity contribution is 5.09. The Bertz CT molecular complexity index is 280. The predicted octanol–water partition coefficient (Wildman–Crippen LogP) is 0.715. The average Bonchev–Trinajstić information content (AvgIpc) is 2.47. The molecule has 0 N–H and O–H groups in total. The van der Waals surface area contributed by atoms with Crippen LogP contribution < -0.4 is 4.74 Å². The van der Waals surface area contributed by atoms with E-state index in [1.54, 1.807) is 24.8 Å². The lowest BCUT2D eigenvalue weighted by Crippen LogP contribution is -2.00. The first-order valence-electron chi connectivity index (χ1n) is 3.26. The highest BCUT2D eigenvalue weighted by atomic mass is 16.5. The van der Waals surface area contributed by atoms with Crippen LogP contribution in [0.1, 0.15) is 6.92 Å². The number of hydrogen-bond donors (Lipinski definition) is 0. The summed E-state index contributed by atoms with van der Waals surface area (Å²) < 4.78 is 6.63. The highest BCUT2D eigenvalue weighted by Gasteiger charge is 1.97. The molecule has 1 rings (SSSR count). The molecule has 1 heterocycles. The second kappa shape index (κ2) is 3.67. The van der Waals surface area contributed by atoms with Crippen molar-refractivity contribution >= 4 is 0 Å². The summed E-state index contributed by atoms with van der Waals surface area (Å²) in [6, 6.07) is 1.68. The summed E-state index contributed by atoms with van der Waals surface area (Å²) >= 11 is 0. The minimum atomic E-state index is 0.559. The van der Waals surface area contributed by atoms with E-state index in [2.05, 4.69) is 23.1 Å². The van der Waals surface area contributed by atoms with E-state index in [4.69, 9.17) is 4.74 Å². The lowest BCUT2D eigenvalue weighted by atomic mass is 10.6. The number of rotatable bonds is 2. The third-order valence-electron chi connectivity index (χ3n) is 1.24. The Morgan fingerprint density at radius 2 is 2.64 bits per heavy atom. The second-order valence-electron chi connectivity index (χ2n) is 1.90. The van der Waals surface area contributed by atoms with Crippen LogP contribution in [0.4, 0.5) is 0 Å². The van der Waals surface area contributed by atoms with E-state index in [9.17, 15) is 0 Å². The van der Waals surface area contributed by atoms with Crippen molar-refractivity contribution in [3.8, 4) is 17.7 Å². The first kappa shape index (κ1) is 7.67. The monoisotopic (exact) mass is 149 g/mol. The van der Waals surface area contributed by atoms with Crippen molar-refractivity contribution in [3.63, 3.8) is 0 Å². The minimum Gasteiger partial charge on any atom is -0.481 e. The van der Waals surface area contributed by atoms with E-state index < -0.39 is 0 Å². The minimum absolute atomic E-state index is 0.559. The van der Waals surface area contributed by atoms with Gasteiger partial charge in [-0.25, -0.2) is 4.68 Å². The first-order chi connectivity index (χ1) is 5.38. The van der Waals surface area contributed by atoms with Gasteiger partial charge in [-0.1, -0.05) is 5.92 Å². The molecule has 0 saturated carbocycles. The van der Waals surface area contributed by atoms with E-state index in [1.165, 1.54) is 0 Å². The van der Waals surface area contributed by atoms with E-state index in [0.29, 0.717) is 12.4 Å². The summed E-state index contributed by atoms with van der Waals surface area (Å²) in [7, 11) is 1.60. The molecule has 0 amide bonds. The Kier molecular flexibility index (Phi) is 2.56. The molecule has 3 nitrogen and oxygen atoms in total. The van der Waals surface area contributed by atoms with Crippen molar-refractivity contribution in [2.24, 2.45) is 0 Å². The number of nitrogens with zero attached hydrogens (tertiary/aromatic N) is 2. The molecule has 11 heavy (non-hydrogen) atoms. The molecule has 0 fully saturated rings. The second-order valence-corrected chi connectivity index (χ2v) is 1.90.